The van der Waals surface area contributed by atoms with Crippen LogP contribution < -0.4 is 5.32 Å². The molecular weight excluding hydrogens is 268 g/mol. The molecule has 2 atom stereocenters. The number of hydrogen-bond acceptors (Lipinski definition) is 3. The molecule has 1 aliphatic heterocycles. The number of nitrogens with zero attached hydrogens (tertiary/aromatic N) is 1. The Morgan fingerprint density at radius 3 is 2.62 bits per heavy atom. The first kappa shape index (κ1) is 15.6. The van der Waals surface area contributed by atoms with Gasteiger partial charge in [0.05, 0.1) is 6.04 Å². The Bertz CT molecular complexity index is 564. The number of rotatable bonds is 3. The van der Waals surface area contributed by atoms with Crippen LogP contribution in [-0.4, -0.2) is 28.8 Å². The second kappa shape index (κ2) is 5.54. The minimum absolute atomic E-state index is 0.0263. The maximum atomic E-state index is 12.9. The van der Waals surface area contributed by atoms with Crippen LogP contribution in [0.5, 0.6) is 0 Å². The van der Waals surface area contributed by atoms with Crippen LogP contribution >= 0.6 is 0 Å². The molecule has 0 aromatic carbocycles. The molecule has 116 valence electrons. The normalized spacial score (nSPS) is 24.7. The fraction of sp³-hybridized carbons (Fsp3) is 0.625. The van der Waals surface area contributed by atoms with Gasteiger partial charge in [0.1, 0.15) is 17.1 Å². The van der Waals surface area contributed by atoms with Crippen molar-refractivity contribution in [1.82, 2.24) is 10.2 Å². The number of aryl methyl sites for hydroxylation is 2. The van der Waals surface area contributed by atoms with Crippen LogP contribution in [0.15, 0.2) is 10.5 Å². The number of hydrogen-bond donors (Lipinski definition) is 1. The van der Waals surface area contributed by atoms with Crippen molar-refractivity contribution < 1.29 is 14.0 Å². The Kier molecular flexibility index (Phi) is 4.12. The molecule has 1 aliphatic rings. The molecule has 2 amide bonds. The summed E-state index contributed by atoms with van der Waals surface area (Å²) in [6.07, 6.45) is 0.908. The summed E-state index contributed by atoms with van der Waals surface area (Å²) >= 11 is 0. The zero-order chi connectivity index (χ0) is 15.8. The van der Waals surface area contributed by atoms with E-state index in [1.165, 1.54) is 0 Å². The molecule has 1 N–H and O–H groups in total. The summed E-state index contributed by atoms with van der Waals surface area (Å²) in [6, 6.07) is 1.87. The summed E-state index contributed by atoms with van der Waals surface area (Å²) in [6.45, 7) is 9.94. The monoisotopic (exact) mass is 292 g/mol. The fourth-order valence-electron chi connectivity index (χ4n) is 2.91. The van der Waals surface area contributed by atoms with Gasteiger partial charge in [0, 0.05) is 18.5 Å². The van der Waals surface area contributed by atoms with Crippen molar-refractivity contribution in [2.24, 2.45) is 0 Å². The number of furan rings is 1. The molecule has 1 saturated heterocycles. The summed E-state index contributed by atoms with van der Waals surface area (Å²) in [7, 11) is 0. The maximum Gasteiger partial charge on any atom is 0.248 e. The van der Waals surface area contributed by atoms with Gasteiger partial charge < -0.3 is 14.6 Å². The maximum absolute atomic E-state index is 12.9. The predicted octanol–water partition coefficient (Wildman–Crippen LogP) is 2.47. The molecule has 2 rings (SSSR count). The molecule has 2 unspecified atom stereocenters. The number of amides is 2. The molecule has 0 radical (unpaired) electrons. The van der Waals surface area contributed by atoms with E-state index < -0.39 is 5.54 Å². The van der Waals surface area contributed by atoms with Crippen LogP contribution in [0.4, 0.5) is 0 Å². The molecule has 5 heteroatoms. The Balaban J connectivity index is 2.35. The van der Waals surface area contributed by atoms with Crippen molar-refractivity contribution in [3.63, 3.8) is 0 Å². The van der Waals surface area contributed by atoms with Gasteiger partial charge in [-0.2, -0.15) is 0 Å². The highest BCUT2D eigenvalue weighted by atomic mass is 16.3. The zero-order valence-electron chi connectivity index (χ0n) is 13.4. The van der Waals surface area contributed by atoms with Crippen molar-refractivity contribution in [3.05, 3.63) is 23.2 Å². The molecule has 0 spiro atoms. The largest absolute Gasteiger partial charge is 0.466 e. The van der Waals surface area contributed by atoms with E-state index >= 15 is 0 Å². The van der Waals surface area contributed by atoms with Gasteiger partial charge in [-0.15, -0.1) is 0 Å². The van der Waals surface area contributed by atoms with E-state index in [9.17, 15) is 9.59 Å². The van der Waals surface area contributed by atoms with E-state index in [1.54, 1.807) is 11.8 Å². The van der Waals surface area contributed by atoms with Crippen LogP contribution in [0, 0.1) is 13.8 Å². The van der Waals surface area contributed by atoms with Gasteiger partial charge in [0.25, 0.3) is 0 Å². The lowest BCUT2D eigenvalue weighted by atomic mass is 9.95. The van der Waals surface area contributed by atoms with Crippen LogP contribution in [0.25, 0.3) is 0 Å². The van der Waals surface area contributed by atoms with Gasteiger partial charge in [-0.1, -0.05) is 6.92 Å². The molecular formula is C16H24N2O3. The topological polar surface area (TPSA) is 62.6 Å². The lowest BCUT2D eigenvalue weighted by Crippen LogP contribution is -2.55. The SMILES string of the molecule is CCC1(C)NC(=O)CCN(C(C)c2cc(C)oc2C)C1=O. The van der Waals surface area contributed by atoms with Gasteiger partial charge >= 0.3 is 0 Å². The van der Waals surface area contributed by atoms with Gasteiger partial charge in [-0.05, 0) is 40.2 Å². The molecule has 1 fully saturated rings. The predicted molar refractivity (Wildman–Crippen MR) is 79.8 cm³/mol. The van der Waals surface area contributed by atoms with Crippen molar-refractivity contribution in [3.8, 4) is 0 Å². The van der Waals surface area contributed by atoms with Crippen molar-refractivity contribution in [2.75, 3.05) is 6.54 Å². The Labute approximate surface area is 125 Å². The summed E-state index contributed by atoms with van der Waals surface area (Å²) < 4.78 is 5.57. The van der Waals surface area contributed by atoms with E-state index in [4.69, 9.17) is 4.42 Å². The van der Waals surface area contributed by atoms with Gasteiger partial charge in [0.2, 0.25) is 11.8 Å². The van der Waals surface area contributed by atoms with Crippen LogP contribution in [0.1, 0.15) is 56.7 Å². The zero-order valence-corrected chi connectivity index (χ0v) is 13.4. The fourth-order valence-corrected chi connectivity index (χ4v) is 2.91. The first-order valence-corrected chi connectivity index (χ1v) is 7.47. The minimum atomic E-state index is -0.825. The summed E-state index contributed by atoms with van der Waals surface area (Å²) in [5.74, 6) is 1.57. The summed E-state index contributed by atoms with van der Waals surface area (Å²) in [4.78, 5) is 26.5. The Morgan fingerprint density at radius 2 is 2.10 bits per heavy atom. The van der Waals surface area contributed by atoms with E-state index in [1.807, 2.05) is 33.8 Å². The van der Waals surface area contributed by atoms with Crippen LogP contribution in [0.2, 0.25) is 0 Å². The number of carbonyl (C=O) groups is 2. The average Bonchev–Trinajstić information content (AvgIpc) is 2.71. The van der Waals surface area contributed by atoms with E-state index in [0.717, 1.165) is 17.1 Å². The highest BCUT2D eigenvalue weighted by molar-refractivity contribution is 5.93. The average molecular weight is 292 g/mol. The third-order valence-electron chi connectivity index (χ3n) is 4.43. The van der Waals surface area contributed by atoms with Crippen molar-refractivity contribution in [1.29, 1.82) is 0 Å². The lowest BCUT2D eigenvalue weighted by molar-refractivity contribution is -0.140. The molecule has 0 aliphatic carbocycles. The van der Waals surface area contributed by atoms with Gasteiger partial charge in [0.15, 0.2) is 0 Å². The highest BCUT2D eigenvalue weighted by Crippen LogP contribution is 2.30. The standard InChI is InChI=1S/C16H24N2O3/c1-6-16(5)15(20)18(8-7-14(19)17-16)11(3)13-9-10(2)21-12(13)4/h9,11H,6-8H2,1-5H3,(H,17,19). The molecule has 5 nitrogen and oxygen atoms in total. The third-order valence-corrected chi connectivity index (χ3v) is 4.43. The summed E-state index contributed by atoms with van der Waals surface area (Å²) in [5, 5.41) is 2.86. The molecule has 1 aromatic heterocycles. The number of nitrogens with one attached hydrogen (secondary N) is 1. The molecule has 0 bridgehead atoms. The van der Waals surface area contributed by atoms with E-state index in [-0.39, 0.29) is 17.9 Å². The van der Waals surface area contributed by atoms with Crippen molar-refractivity contribution in [2.45, 2.75) is 59.0 Å². The third kappa shape index (κ3) is 2.82. The Hall–Kier alpha value is -1.78. The molecule has 0 saturated carbocycles. The molecule has 21 heavy (non-hydrogen) atoms. The first-order chi connectivity index (χ1) is 9.78. The Morgan fingerprint density at radius 1 is 1.43 bits per heavy atom. The minimum Gasteiger partial charge on any atom is -0.466 e. The number of carbonyl (C=O) groups excluding carboxylic acids is 2. The summed E-state index contributed by atoms with van der Waals surface area (Å²) in [5.41, 5.74) is 0.183. The van der Waals surface area contributed by atoms with E-state index in [2.05, 4.69) is 5.32 Å². The van der Waals surface area contributed by atoms with E-state index in [0.29, 0.717) is 19.4 Å². The lowest BCUT2D eigenvalue weighted by Gasteiger charge is -2.34. The first-order valence-electron chi connectivity index (χ1n) is 7.47. The quantitative estimate of drug-likeness (QED) is 0.931. The van der Waals surface area contributed by atoms with Crippen molar-refractivity contribution >= 4 is 11.8 Å². The highest BCUT2D eigenvalue weighted by Gasteiger charge is 2.41. The molecule has 1 aromatic rings. The van der Waals surface area contributed by atoms with Gasteiger partial charge in [-0.25, -0.2) is 0 Å². The van der Waals surface area contributed by atoms with Gasteiger partial charge in [-0.3, -0.25) is 9.59 Å². The van der Waals surface area contributed by atoms with Crippen LogP contribution in [0.3, 0.4) is 0 Å². The van der Waals surface area contributed by atoms with Crippen LogP contribution in [-0.2, 0) is 9.59 Å². The smallest absolute Gasteiger partial charge is 0.248 e. The second-order valence-corrected chi connectivity index (χ2v) is 6.03. The molecule has 2 heterocycles. The second-order valence-electron chi connectivity index (χ2n) is 6.03.